The Morgan fingerprint density at radius 3 is 2.84 bits per heavy atom. The van der Waals surface area contributed by atoms with Gasteiger partial charge in [0.25, 0.3) is 5.91 Å². The highest BCUT2D eigenvalue weighted by Gasteiger charge is 2.39. The highest BCUT2D eigenvalue weighted by Crippen LogP contribution is 2.21. The second-order valence-electron chi connectivity index (χ2n) is 6.37. The first-order chi connectivity index (χ1) is 12.0. The van der Waals surface area contributed by atoms with E-state index in [0.29, 0.717) is 6.42 Å². The number of carbonyl (C=O) groups is 3. The van der Waals surface area contributed by atoms with Gasteiger partial charge in [-0.05, 0) is 25.0 Å². The molecular formula is C18H22N4O3. The van der Waals surface area contributed by atoms with Gasteiger partial charge in [-0.25, -0.2) is 4.79 Å². The smallest absolute Gasteiger partial charge is 0.325 e. The Hall–Kier alpha value is -2.83. The van der Waals surface area contributed by atoms with Crippen LogP contribution in [0.4, 0.5) is 4.79 Å². The molecule has 0 aliphatic carbocycles. The normalized spacial score (nSPS) is 18.5. The first-order valence-corrected chi connectivity index (χ1v) is 8.45. The van der Waals surface area contributed by atoms with Gasteiger partial charge in [-0.3, -0.25) is 14.5 Å². The summed E-state index contributed by atoms with van der Waals surface area (Å²) >= 11 is 0. The molecule has 7 heteroatoms. The molecule has 7 nitrogen and oxygen atoms in total. The molecule has 132 valence electrons. The van der Waals surface area contributed by atoms with Gasteiger partial charge in [-0.2, -0.15) is 0 Å². The molecule has 1 aromatic heterocycles. The van der Waals surface area contributed by atoms with Gasteiger partial charge in [0.05, 0.1) is 0 Å². The molecule has 3 rings (SSSR count). The van der Waals surface area contributed by atoms with Crippen LogP contribution in [0.15, 0.2) is 30.5 Å². The van der Waals surface area contributed by atoms with E-state index in [9.17, 15) is 14.4 Å². The lowest BCUT2D eigenvalue weighted by atomic mass is 10.1. The number of benzene rings is 1. The molecule has 1 saturated heterocycles. The summed E-state index contributed by atoms with van der Waals surface area (Å²) in [4.78, 5) is 40.7. The summed E-state index contributed by atoms with van der Waals surface area (Å²) in [6.45, 7) is 3.58. The molecule has 0 bridgehead atoms. The number of imide groups is 1. The average molecular weight is 342 g/mol. The predicted octanol–water partition coefficient (Wildman–Crippen LogP) is 1.55. The van der Waals surface area contributed by atoms with Crippen LogP contribution in [0.2, 0.25) is 0 Å². The molecule has 1 aliphatic heterocycles. The summed E-state index contributed by atoms with van der Waals surface area (Å²) in [6, 6.07) is 6.63. The largest absolute Gasteiger partial charge is 0.361 e. The second kappa shape index (κ2) is 6.96. The van der Waals surface area contributed by atoms with E-state index in [1.807, 2.05) is 44.3 Å². The maximum atomic E-state index is 12.5. The number of hydrogen-bond donors (Lipinski definition) is 3. The van der Waals surface area contributed by atoms with Gasteiger partial charge >= 0.3 is 6.03 Å². The van der Waals surface area contributed by atoms with Crippen LogP contribution in [-0.4, -0.2) is 46.4 Å². The van der Waals surface area contributed by atoms with E-state index in [1.165, 1.54) is 0 Å². The molecule has 1 aliphatic rings. The number of aromatic nitrogens is 1. The van der Waals surface area contributed by atoms with Gasteiger partial charge in [0, 0.05) is 29.6 Å². The first-order valence-electron chi connectivity index (χ1n) is 8.45. The highest BCUT2D eigenvalue weighted by atomic mass is 16.2. The minimum absolute atomic E-state index is 0.00952. The zero-order valence-electron chi connectivity index (χ0n) is 14.3. The van der Waals surface area contributed by atoms with E-state index >= 15 is 0 Å². The van der Waals surface area contributed by atoms with Gasteiger partial charge in [0.2, 0.25) is 5.91 Å². The van der Waals surface area contributed by atoms with E-state index in [1.54, 1.807) is 0 Å². The maximum absolute atomic E-state index is 12.5. The van der Waals surface area contributed by atoms with Gasteiger partial charge in [0.1, 0.15) is 12.6 Å². The number of urea groups is 1. The van der Waals surface area contributed by atoms with Crippen molar-refractivity contribution in [1.82, 2.24) is 20.5 Å². The molecule has 2 aromatic rings. The van der Waals surface area contributed by atoms with Crippen molar-refractivity contribution in [2.24, 2.45) is 0 Å². The fourth-order valence-electron chi connectivity index (χ4n) is 2.95. The van der Waals surface area contributed by atoms with Crippen LogP contribution < -0.4 is 10.6 Å². The third-order valence-corrected chi connectivity index (χ3v) is 4.53. The number of rotatable bonds is 6. The minimum Gasteiger partial charge on any atom is -0.361 e. The van der Waals surface area contributed by atoms with Gasteiger partial charge < -0.3 is 15.6 Å². The summed E-state index contributed by atoms with van der Waals surface area (Å²) in [6.07, 6.45) is 3.02. The van der Waals surface area contributed by atoms with Crippen molar-refractivity contribution in [2.75, 3.05) is 6.54 Å². The zero-order valence-corrected chi connectivity index (χ0v) is 14.3. The number of H-pyrrole nitrogens is 1. The molecular weight excluding hydrogens is 320 g/mol. The number of fused-ring (bicyclic) bond motifs is 1. The third kappa shape index (κ3) is 3.50. The first kappa shape index (κ1) is 17.0. The lowest BCUT2D eigenvalue weighted by Gasteiger charge is -2.15. The van der Waals surface area contributed by atoms with Crippen molar-refractivity contribution in [2.45, 2.75) is 38.8 Å². The van der Waals surface area contributed by atoms with Crippen molar-refractivity contribution in [3.63, 3.8) is 0 Å². The molecule has 1 fully saturated rings. The van der Waals surface area contributed by atoms with Crippen LogP contribution in [0, 0.1) is 0 Å². The molecule has 0 radical (unpaired) electrons. The van der Waals surface area contributed by atoms with Crippen molar-refractivity contribution < 1.29 is 14.4 Å². The van der Waals surface area contributed by atoms with Crippen LogP contribution in [0.1, 0.15) is 25.8 Å². The molecule has 0 spiro atoms. The van der Waals surface area contributed by atoms with Crippen LogP contribution in [-0.2, 0) is 16.0 Å². The standard InChI is InChI=1S/C18H22N4O3/c1-3-11(2)20-16(23)10-22-17(24)15(21-18(22)25)8-12-9-19-14-7-5-4-6-13(12)14/h4-7,9,11,15,19H,3,8,10H2,1-2H3,(H,20,23)(H,21,25)/t11-,15-/m0/s1. The molecule has 25 heavy (non-hydrogen) atoms. The summed E-state index contributed by atoms with van der Waals surface area (Å²) in [5.74, 6) is -0.694. The van der Waals surface area contributed by atoms with Gasteiger partial charge in [0.15, 0.2) is 0 Å². The molecule has 3 N–H and O–H groups in total. The lowest BCUT2D eigenvalue weighted by molar-refractivity contribution is -0.132. The maximum Gasteiger partial charge on any atom is 0.325 e. The monoisotopic (exact) mass is 342 g/mol. The summed E-state index contributed by atoms with van der Waals surface area (Å²) in [7, 11) is 0. The van der Waals surface area contributed by atoms with Crippen molar-refractivity contribution in [3.8, 4) is 0 Å². The number of para-hydroxylation sites is 1. The zero-order chi connectivity index (χ0) is 18.0. The molecule has 4 amide bonds. The Morgan fingerprint density at radius 1 is 1.32 bits per heavy atom. The Morgan fingerprint density at radius 2 is 2.08 bits per heavy atom. The fraction of sp³-hybridized carbons (Fsp3) is 0.389. The summed E-state index contributed by atoms with van der Waals surface area (Å²) in [5.41, 5.74) is 1.94. The number of nitrogens with zero attached hydrogens (tertiary/aromatic N) is 1. The highest BCUT2D eigenvalue weighted by molar-refractivity contribution is 6.06. The number of nitrogens with one attached hydrogen (secondary N) is 3. The molecule has 2 atom stereocenters. The van der Waals surface area contributed by atoms with E-state index < -0.39 is 12.1 Å². The van der Waals surface area contributed by atoms with Gasteiger partial charge in [-0.1, -0.05) is 25.1 Å². The van der Waals surface area contributed by atoms with E-state index in [4.69, 9.17) is 0 Å². The van der Waals surface area contributed by atoms with E-state index in [0.717, 1.165) is 27.8 Å². The Bertz CT molecular complexity index is 814. The third-order valence-electron chi connectivity index (χ3n) is 4.53. The van der Waals surface area contributed by atoms with Crippen LogP contribution >= 0.6 is 0 Å². The second-order valence-corrected chi connectivity index (χ2v) is 6.37. The Balaban J connectivity index is 1.68. The van der Waals surface area contributed by atoms with Crippen LogP contribution in [0.3, 0.4) is 0 Å². The SMILES string of the molecule is CC[C@H](C)NC(=O)CN1C(=O)N[C@@H](Cc2c[nH]c3ccccc23)C1=O. The van der Waals surface area contributed by atoms with Gasteiger partial charge in [-0.15, -0.1) is 0 Å². The van der Waals surface area contributed by atoms with E-state index in [2.05, 4.69) is 15.6 Å². The molecule has 2 heterocycles. The average Bonchev–Trinajstić information content (AvgIpc) is 3.11. The molecule has 0 saturated carbocycles. The van der Waals surface area contributed by atoms with Crippen molar-refractivity contribution in [3.05, 3.63) is 36.0 Å². The summed E-state index contributed by atoms with van der Waals surface area (Å²) < 4.78 is 0. The molecule has 1 aromatic carbocycles. The van der Waals surface area contributed by atoms with Crippen molar-refractivity contribution in [1.29, 1.82) is 0 Å². The Kier molecular flexibility index (Phi) is 4.74. The van der Waals surface area contributed by atoms with Crippen LogP contribution in [0.5, 0.6) is 0 Å². The summed E-state index contributed by atoms with van der Waals surface area (Å²) in [5, 5.41) is 6.46. The van der Waals surface area contributed by atoms with E-state index in [-0.39, 0.29) is 24.4 Å². The predicted molar refractivity (Wildman–Crippen MR) is 93.9 cm³/mol. The number of amides is 4. The quantitative estimate of drug-likeness (QED) is 0.695. The fourth-order valence-corrected chi connectivity index (χ4v) is 2.95. The number of hydrogen-bond acceptors (Lipinski definition) is 3. The number of aromatic amines is 1. The van der Waals surface area contributed by atoms with Crippen LogP contribution in [0.25, 0.3) is 10.9 Å². The lowest BCUT2D eigenvalue weighted by Crippen LogP contribution is -2.43. The minimum atomic E-state index is -0.650. The Labute approximate surface area is 145 Å². The molecule has 0 unspecified atom stereocenters. The number of carbonyl (C=O) groups excluding carboxylic acids is 3. The topological polar surface area (TPSA) is 94.3 Å². The van der Waals surface area contributed by atoms with Crippen molar-refractivity contribution >= 4 is 28.7 Å².